The van der Waals surface area contributed by atoms with Crippen molar-refractivity contribution < 1.29 is 14.3 Å². The second-order valence-corrected chi connectivity index (χ2v) is 4.05. The van der Waals surface area contributed by atoms with Gasteiger partial charge >= 0.3 is 5.97 Å². The third-order valence-corrected chi connectivity index (χ3v) is 2.46. The maximum atomic E-state index is 11.4. The predicted octanol–water partition coefficient (Wildman–Crippen LogP) is 0.832. The van der Waals surface area contributed by atoms with Crippen LogP contribution in [0.5, 0.6) is 0 Å². The fourth-order valence-electron chi connectivity index (χ4n) is 1.20. The average Bonchev–Trinajstić information content (AvgIpc) is 2.28. The third-order valence-electron chi connectivity index (χ3n) is 2.46. The van der Waals surface area contributed by atoms with Crippen LogP contribution < -0.4 is 10.6 Å². The van der Waals surface area contributed by atoms with E-state index in [-0.39, 0.29) is 24.0 Å². The molecule has 0 radical (unpaired) electrons. The van der Waals surface area contributed by atoms with Gasteiger partial charge in [-0.05, 0) is 27.2 Å². The minimum atomic E-state index is -0.369. The van der Waals surface area contributed by atoms with Crippen molar-refractivity contribution in [3.63, 3.8) is 0 Å². The summed E-state index contributed by atoms with van der Waals surface area (Å²) in [5.41, 5.74) is 0. The van der Waals surface area contributed by atoms with Gasteiger partial charge in [0.2, 0.25) is 5.91 Å². The summed E-state index contributed by atoms with van der Waals surface area (Å²) in [6, 6.07) is -0.170. The Morgan fingerprint density at radius 1 is 1.24 bits per heavy atom. The Morgan fingerprint density at radius 2 is 1.88 bits per heavy atom. The predicted molar refractivity (Wildman–Crippen MR) is 66.6 cm³/mol. The van der Waals surface area contributed by atoms with E-state index >= 15 is 0 Å². The highest BCUT2D eigenvalue weighted by atomic mass is 16.5. The van der Waals surface area contributed by atoms with Gasteiger partial charge in [0, 0.05) is 19.0 Å². The molecule has 1 amide bonds. The van der Waals surface area contributed by atoms with Crippen LogP contribution in [0.25, 0.3) is 0 Å². The van der Waals surface area contributed by atoms with Gasteiger partial charge in [0.15, 0.2) is 0 Å². The molecule has 0 aromatic heterocycles. The van der Waals surface area contributed by atoms with Crippen molar-refractivity contribution in [2.75, 3.05) is 13.2 Å². The van der Waals surface area contributed by atoms with Crippen molar-refractivity contribution in [3.8, 4) is 0 Å². The zero-order valence-electron chi connectivity index (χ0n) is 11.2. The first-order valence-electron chi connectivity index (χ1n) is 6.20. The lowest BCUT2D eigenvalue weighted by atomic mass is 10.2. The lowest BCUT2D eigenvalue weighted by Gasteiger charge is -2.14. The molecule has 0 aliphatic carbocycles. The van der Waals surface area contributed by atoms with Gasteiger partial charge < -0.3 is 15.4 Å². The van der Waals surface area contributed by atoms with Crippen LogP contribution in [0.4, 0.5) is 0 Å². The maximum Gasteiger partial charge on any atom is 0.322 e. The highest BCUT2D eigenvalue weighted by Gasteiger charge is 2.13. The molecule has 0 bridgehead atoms. The second kappa shape index (κ2) is 8.98. The van der Waals surface area contributed by atoms with Crippen molar-refractivity contribution in [2.24, 2.45) is 0 Å². The summed E-state index contributed by atoms with van der Waals surface area (Å²) in [6.45, 7) is 8.33. The van der Waals surface area contributed by atoms with Crippen LogP contribution in [0, 0.1) is 0 Å². The molecule has 0 aromatic carbocycles. The van der Waals surface area contributed by atoms with Gasteiger partial charge in [-0.25, -0.2) is 0 Å². The van der Waals surface area contributed by atoms with E-state index in [1.807, 2.05) is 13.8 Å². The molecule has 17 heavy (non-hydrogen) atoms. The van der Waals surface area contributed by atoms with E-state index in [1.54, 1.807) is 13.8 Å². The number of esters is 1. The number of hydrogen-bond donors (Lipinski definition) is 2. The van der Waals surface area contributed by atoms with Crippen LogP contribution in [-0.2, 0) is 14.3 Å². The summed E-state index contributed by atoms with van der Waals surface area (Å²) < 4.78 is 4.84. The number of amides is 1. The molecule has 0 aromatic rings. The van der Waals surface area contributed by atoms with Crippen LogP contribution in [0.1, 0.15) is 40.5 Å². The van der Waals surface area contributed by atoms with Gasteiger partial charge in [-0.15, -0.1) is 0 Å². The van der Waals surface area contributed by atoms with Crippen LogP contribution >= 0.6 is 0 Å². The number of nitrogens with one attached hydrogen (secondary N) is 2. The highest BCUT2D eigenvalue weighted by molar-refractivity contribution is 5.77. The van der Waals surface area contributed by atoms with E-state index in [0.29, 0.717) is 19.6 Å². The van der Waals surface area contributed by atoms with E-state index in [4.69, 9.17) is 4.74 Å². The summed E-state index contributed by atoms with van der Waals surface area (Å²) in [6.07, 6.45) is 1.28. The van der Waals surface area contributed by atoms with Crippen LogP contribution in [0.15, 0.2) is 0 Å². The summed E-state index contributed by atoms with van der Waals surface area (Å²) in [5.74, 6) is -0.280. The molecule has 5 heteroatoms. The van der Waals surface area contributed by atoms with Crippen LogP contribution in [0.3, 0.4) is 0 Å². The minimum absolute atomic E-state index is 0.00269. The second-order valence-electron chi connectivity index (χ2n) is 4.05. The molecular formula is C12H24N2O3. The molecule has 0 saturated carbocycles. The molecule has 0 heterocycles. The molecule has 2 unspecified atom stereocenters. The SMILES string of the molecule is CCOC(=O)C(C)NCCC(=O)NC(C)CC. The zero-order valence-corrected chi connectivity index (χ0v) is 11.2. The number of carbonyl (C=O) groups excluding carboxylic acids is 2. The van der Waals surface area contributed by atoms with Crippen molar-refractivity contribution in [1.82, 2.24) is 10.6 Å². The fraction of sp³-hybridized carbons (Fsp3) is 0.833. The fourth-order valence-corrected chi connectivity index (χ4v) is 1.20. The number of rotatable bonds is 8. The van der Waals surface area contributed by atoms with Gasteiger partial charge in [-0.3, -0.25) is 9.59 Å². The van der Waals surface area contributed by atoms with E-state index in [0.717, 1.165) is 6.42 Å². The van der Waals surface area contributed by atoms with E-state index in [1.165, 1.54) is 0 Å². The first kappa shape index (κ1) is 15.9. The first-order valence-corrected chi connectivity index (χ1v) is 6.20. The molecular weight excluding hydrogens is 220 g/mol. The molecule has 2 atom stereocenters. The first-order chi connectivity index (χ1) is 8.01. The average molecular weight is 244 g/mol. The summed E-state index contributed by atoms with van der Waals surface area (Å²) in [5, 5.41) is 5.82. The Hall–Kier alpha value is -1.10. The van der Waals surface area contributed by atoms with Gasteiger partial charge in [-0.1, -0.05) is 6.92 Å². The zero-order chi connectivity index (χ0) is 13.3. The molecule has 5 nitrogen and oxygen atoms in total. The standard InChI is InChI=1S/C12H24N2O3/c1-5-9(3)14-11(15)7-8-13-10(4)12(16)17-6-2/h9-10,13H,5-8H2,1-4H3,(H,14,15). The maximum absolute atomic E-state index is 11.4. The summed E-state index contributed by atoms with van der Waals surface area (Å²) in [4.78, 5) is 22.7. The number of ether oxygens (including phenoxy) is 1. The number of hydrogen-bond acceptors (Lipinski definition) is 4. The molecule has 100 valence electrons. The Balaban J connectivity index is 3.69. The molecule has 0 aliphatic heterocycles. The molecule has 0 spiro atoms. The van der Waals surface area contributed by atoms with Crippen molar-refractivity contribution in [1.29, 1.82) is 0 Å². The van der Waals surface area contributed by atoms with Gasteiger partial charge in [-0.2, -0.15) is 0 Å². The van der Waals surface area contributed by atoms with E-state index in [2.05, 4.69) is 10.6 Å². The Bertz CT molecular complexity index is 244. The van der Waals surface area contributed by atoms with Crippen molar-refractivity contribution >= 4 is 11.9 Å². The van der Waals surface area contributed by atoms with E-state index < -0.39 is 0 Å². The van der Waals surface area contributed by atoms with Crippen molar-refractivity contribution in [2.45, 2.75) is 52.6 Å². The smallest absolute Gasteiger partial charge is 0.322 e. The van der Waals surface area contributed by atoms with Gasteiger partial charge in [0.1, 0.15) is 6.04 Å². The van der Waals surface area contributed by atoms with E-state index in [9.17, 15) is 9.59 Å². The normalized spacial score (nSPS) is 13.9. The lowest BCUT2D eigenvalue weighted by molar-refractivity contribution is -0.145. The van der Waals surface area contributed by atoms with Gasteiger partial charge in [0.25, 0.3) is 0 Å². The monoisotopic (exact) mass is 244 g/mol. The summed E-state index contributed by atoms with van der Waals surface area (Å²) in [7, 11) is 0. The molecule has 0 aliphatic rings. The van der Waals surface area contributed by atoms with Crippen LogP contribution in [-0.4, -0.2) is 37.1 Å². The Labute approximate surface area is 103 Å². The quantitative estimate of drug-likeness (QED) is 0.621. The molecule has 2 N–H and O–H groups in total. The Kier molecular flexibility index (Phi) is 8.40. The topological polar surface area (TPSA) is 67.4 Å². The molecule has 0 fully saturated rings. The summed E-state index contributed by atoms with van der Waals surface area (Å²) >= 11 is 0. The molecule has 0 saturated heterocycles. The Morgan fingerprint density at radius 3 is 2.41 bits per heavy atom. The largest absolute Gasteiger partial charge is 0.465 e. The minimum Gasteiger partial charge on any atom is -0.465 e. The van der Waals surface area contributed by atoms with Crippen molar-refractivity contribution in [3.05, 3.63) is 0 Å². The van der Waals surface area contributed by atoms with Crippen LogP contribution in [0.2, 0.25) is 0 Å². The number of carbonyl (C=O) groups is 2. The third kappa shape index (κ3) is 7.74. The molecule has 0 rings (SSSR count). The lowest BCUT2D eigenvalue weighted by Crippen LogP contribution is -2.39. The highest BCUT2D eigenvalue weighted by Crippen LogP contribution is 1.91. The van der Waals surface area contributed by atoms with Gasteiger partial charge in [0.05, 0.1) is 6.61 Å².